The predicted octanol–water partition coefficient (Wildman–Crippen LogP) is 3.25. The third kappa shape index (κ3) is 3.07. The largest absolute Gasteiger partial charge is 0.495 e. The fourth-order valence-electron chi connectivity index (χ4n) is 2.02. The monoisotopic (exact) mass is 355 g/mol. The summed E-state index contributed by atoms with van der Waals surface area (Å²) in [6.45, 7) is 0. The molecule has 20 heavy (non-hydrogen) atoms. The number of halogens is 2. The van der Waals surface area contributed by atoms with Crippen LogP contribution < -0.4 is 21.7 Å². The summed E-state index contributed by atoms with van der Waals surface area (Å²) in [7, 11) is 1.57. The van der Waals surface area contributed by atoms with Gasteiger partial charge in [0.15, 0.2) is 0 Å². The van der Waals surface area contributed by atoms with Crippen LogP contribution in [0.1, 0.15) is 17.2 Å². The maximum absolute atomic E-state index is 6.04. The molecule has 0 radical (unpaired) electrons. The molecular weight excluding hydrogens is 342 g/mol. The third-order valence-electron chi connectivity index (χ3n) is 3.04. The minimum absolute atomic E-state index is 0.251. The summed E-state index contributed by atoms with van der Waals surface area (Å²) >= 11 is 9.47. The van der Waals surface area contributed by atoms with Gasteiger partial charge in [-0.3, -0.25) is 5.84 Å². The van der Waals surface area contributed by atoms with Gasteiger partial charge >= 0.3 is 0 Å². The lowest BCUT2D eigenvalue weighted by Crippen LogP contribution is -2.29. The van der Waals surface area contributed by atoms with E-state index in [0.717, 1.165) is 15.6 Å². The van der Waals surface area contributed by atoms with Gasteiger partial charge in [0.05, 0.1) is 18.2 Å². The quantitative estimate of drug-likeness (QED) is 0.447. The Morgan fingerprint density at radius 2 is 2.00 bits per heavy atom. The lowest BCUT2D eigenvalue weighted by Gasteiger charge is -2.20. The fourth-order valence-corrected chi connectivity index (χ4v) is 2.59. The van der Waals surface area contributed by atoms with Crippen LogP contribution in [-0.2, 0) is 0 Å². The second kappa shape index (κ2) is 6.45. The van der Waals surface area contributed by atoms with E-state index in [2.05, 4.69) is 21.4 Å². The summed E-state index contributed by atoms with van der Waals surface area (Å²) in [5, 5.41) is 0.550. The number of hydrogen-bond donors (Lipinski definition) is 3. The molecule has 0 fully saturated rings. The van der Waals surface area contributed by atoms with Crippen LogP contribution in [0.5, 0.6) is 5.75 Å². The standard InChI is InChI=1S/C14H15BrClN3O/c1-20-13-6-8(2-4-11(13)16)14(19-18)10-7-9(15)3-5-12(10)17/h2-7,14,19H,17-18H2,1H3. The van der Waals surface area contributed by atoms with Gasteiger partial charge in [0.25, 0.3) is 0 Å². The summed E-state index contributed by atoms with van der Waals surface area (Å²) in [6, 6.07) is 10.9. The minimum atomic E-state index is -0.251. The zero-order valence-electron chi connectivity index (χ0n) is 10.9. The first kappa shape index (κ1) is 15.1. The maximum atomic E-state index is 6.04. The van der Waals surface area contributed by atoms with Gasteiger partial charge in [-0.2, -0.15) is 0 Å². The number of benzene rings is 2. The molecule has 2 rings (SSSR count). The molecule has 2 aromatic rings. The van der Waals surface area contributed by atoms with E-state index in [1.165, 1.54) is 0 Å². The first-order valence-corrected chi connectivity index (χ1v) is 7.08. The Bertz CT molecular complexity index is 621. The number of rotatable bonds is 4. The molecule has 0 aliphatic rings. The average molecular weight is 357 g/mol. The summed E-state index contributed by atoms with van der Waals surface area (Å²) in [4.78, 5) is 0. The van der Waals surface area contributed by atoms with Crippen molar-refractivity contribution in [3.63, 3.8) is 0 Å². The zero-order chi connectivity index (χ0) is 14.7. The van der Waals surface area contributed by atoms with Crippen LogP contribution in [0.2, 0.25) is 5.02 Å². The van der Waals surface area contributed by atoms with Crippen molar-refractivity contribution in [1.82, 2.24) is 5.43 Å². The third-order valence-corrected chi connectivity index (χ3v) is 3.84. The number of hydrogen-bond acceptors (Lipinski definition) is 4. The molecule has 0 saturated heterocycles. The molecule has 106 valence electrons. The Morgan fingerprint density at radius 1 is 1.25 bits per heavy atom. The molecule has 5 N–H and O–H groups in total. The van der Waals surface area contributed by atoms with Crippen LogP contribution in [0.25, 0.3) is 0 Å². The van der Waals surface area contributed by atoms with Gasteiger partial charge in [0.1, 0.15) is 5.75 Å². The molecule has 0 spiro atoms. The second-order valence-electron chi connectivity index (χ2n) is 4.27. The Balaban J connectivity index is 2.49. The average Bonchev–Trinajstić information content (AvgIpc) is 2.45. The van der Waals surface area contributed by atoms with Crippen molar-refractivity contribution in [2.24, 2.45) is 5.84 Å². The molecule has 0 heterocycles. The van der Waals surface area contributed by atoms with E-state index in [-0.39, 0.29) is 6.04 Å². The predicted molar refractivity (Wildman–Crippen MR) is 85.7 cm³/mol. The SMILES string of the molecule is COc1cc(C(NN)c2cc(Br)ccc2N)ccc1Cl. The first-order valence-electron chi connectivity index (χ1n) is 5.91. The van der Waals surface area contributed by atoms with E-state index in [1.807, 2.05) is 30.3 Å². The fraction of sp³-hybridized carbons (Fsp3) is 0.143. The van der Waals surface area contributed by atoms with Crippen LogP contribution in [0.15, 0.2) is 40.9 Å². The van der Waals surface area contributed by atoms with Gasteiger partial charge < -0.3 is 10.5 Å². The highest BCUT2D eigenvalue weighted by Gasteiger charge is 2.17. The number of hydrazine groups is 1. The molecule has 1 atom stereocenters. The van der Waals surface area contributed by atoms with Gasteiger partial charge in [-0.25, -0.2) is 5.43 Å². The molecule has 4 nitrogen and oxygen atoms in total. The number of nitrogen functional groups attached to an aromatic ring is 1. The van der Waals surface area contributed by atoms with Gasteiger partial charge in [0.2, 0.25) is 0 Å². The van der Waals surface area contributed by atoms with Gasteiger partial charge in [-0.15, -0.1) is 0 Å². The molecule has 0 saturated carbocycles. The van der Waals surface area contributed by atoms with E-state index in [1.54, 1.807) is 13.2 Å². The zero-order valence-corrected chi connectivity index (χ0v) is 13.2. The molecule has 2 aromatic carbocycles. The topological polar surface area (TPSA) is 73.3 Å². The van der Waals surface area contributed by atoms with E-state index < -0.39 is 0 Å². The van der Waals surface area contributed by atoms with Gasteiger partial charge in [0, 0.05) is 10.2 Å². The molecule has 1 unspecified atom stereocenters. The molecule has 0 aliphatic heterocycles. The first-order chi connectivity index (χ1) is 9.56. The second-order valence-corrected chi connectivity index (χ2v) is 5.59. The van der Waals surface area contributed by atoms with Gasteiger partial charge in [-0.05, 0) is 41.5 Å². The highest BCUT2D eigenvalue weighted by atomic mass is 79.9. The van der Waals surface area contributed by atoms with E-state index in [9.17, 15) is 0 Å². The normalized spacial score (nSPS) is 12.2. The van der Waals surface area contributed by atoms with Crippen molar-refractivity contribution in [2.45, 2.75) is 6.04 Å². The van der Waals surface area contributed by atoms with Crippen LogP contribution in [0.3, 0.4) is 0 Å². The highest BCUT2D eigenvalue weighted by molar-refractivity contribution is 9.10. The number of methoxy groups -OCH3 is 1. The Kier molecular flexibility index (Phi) is 4.88. The number of nitrogens with two attached hydrogens (primary N) is 2. The lowest BCUT2D eigenvalue weighted by atomic mass is 9.97. The summed E-state index contributed by atoms with van der Waals surface area (Å²) in [5.41, 5.74) is 11.3. The highest BCUT2D eigenvalue weighted by Crippen LogP contribution is 2.33. The minimum Gasteiger partial charge on any atom is -0.495 e. The van der Waals surface area contributed by atoms with Crippen LogP contribution >= 0.6 is 27.5 Å². The van der Waals surface area contributed by atoms with Gasteiger partial charge in [-0.1, -0.05) is 33.6 Å². The van der Waals surface area contributed by atoms with Crippen molar-refractivity contribution in [1.29, 1.82) is 0 Å². The number of anilines is 1. The Labute approximate surface area is 131 Å². The van der Waals surface area contributed by atoms with Crippen molar-refractivity contribution < 1.29 is 4.74 Å². The Hall–Kier alpha value is -1.27. The van der Waals surface area contributed by atoms with E-state index in [0.29, 0.717) is 16.5 Å². The molecule has 0 aliphatic carbocycles. The van der Waals surface area contributed by atoms with E-state index in [4.69, 9.17) is 27.9 Å². The number of nitrogens with one attached hydrogen (secondary N) is 1. The van der Waals surface area contributed by atoms with Crippen molar-refractivity contribution in [2.75, 3.05) is 12.8 Å². The smallest absolute Gasteiger partial charge is 0.137 e. The summed E-state index contributed by atoms with van der Waals surface area (Å²) in [5.74, 6) is 6.29. The Morgan fingerprint density at radius 3 is 2.65 bits per heavy atom. The van der Waals surface area contributed by atoms with Crippen LogP contribution in [0.4, 0.5) is 5.69 Å². The molecule has 0 bridgehead atoms. The number of ether oxygens (including phenoxy) is 1. The van der Waals surface area contributed by atoms with Crippen molar-refractivity contribution >= 4 is 33.2 Å². The molecule has 0 amide bonds. The van der Waals surface area contributed by atoms with Crippen LogP contribution in [-0.4, -0.2) is 7.11 Å². The summed E-state index contributed by atoms with van der Waals surface area (Å²) in [6.07, 6.45) is 0. The van der Waals surface area contributed by atoms with Crippen molar-refractivity contribution in [3.8, 4) is 5.75 Å². The molecule has 0 aromatic heterocycles. The van der Waals surface area contributed by atoms with Crippen molar-refractivity contribution in [3.05, 3.63) is 57.0 Å². The lowest BCUT2D eigenvalue weighted by molar-refractivity contribution is 0.414. The maximum Gasteiger partial charge on any atom is 0.137 e. The molecular formula is C14H15BrClN3O. The summed E-state index contributed by atoms with van der Waals surface area (Å²) < 4.78 is 6.16. The molecule has 6 heteroatoms. The van der Waals surface area contributed by atoms with E-state index >= 15 is 0 Å². The van der Waals surface area contributed by atoms with Crippen LogP contribution in [0, 0.1) is 0 Å².